The molecular formula is C29H28N4O3. The number of nitrogens with one attached hydrogen (secondary N) is 2. The van der Waals surface area contributed by atoms with Crippen molar-refractivity contribution >= 4 is 17.5 Å². The molecule has 0 bridgehead atoms. The summed E-state index contributed by atoms with van der Waals surface area (Å²) < 4.78 is 7.16. The third kappa shape index (κ3) is 5.63. The molecule has 182 valence electrons. The van der Waals surface area contributed by atoms with Crippen LogP contribution < -0.4 is 15.4 Å². The highest BCUT2D eigenvalue weighted by Gasteiger charge is 2.29. The molecule has 5 rings (SSSR count). The summed E-state index contributed by atoms with van der Waals surface area (Å²) in [5.74, 6) is 0.668. The first-order chi connectivity index (χ1) is 17.6. The van der Waals surface area contributed by atoms with Crippen molar-refractivity contribution < 1.29 is 14.3 Å². The van der Waals surface area contributed by atoms with Crippen LogP contribution in [-0.4, -0.2) is 28.7 Å². The Morgan fingerprint density at radius 1 is 0.972 bits per heavy atom. The minimum absolute atomic E-state index is 0.0601. The van der Waals surface area contributed by atoms with Gasteiger partial charge in [-0.15, -0.1) is 0 Å². The van der Waals surface area contributed by atoms with Crippen molar-refractivity contribution in [3.63, 3.8) is 0 Å². The molecule has 0 radical (unpaired) electrons. The van der Waals surface area contributed by atoms with Gasteiger partial charge < -0.3 is 15.4 Å². The summed E-state index contributed by atoms with van der Waals surface area (Å²) in [6, 6.07) is 25.1. The lowest BCUT2D eigenvalue weighted by atomic mass is 10.1. The minimum atomic E-state index is -0.223. The van der Waals surface area contributed by atoms with Crippen LogP contribution in [0.25, 0.3) is 11.3 Å². The molecule has 2 amide bonds. The largest absolute Gasteiger partial charge is 0.497 e. The standard InChI is InChI=1S/C29H28N4O3/c1-36-25-12-6-10-23(16-25)27-26(19-33(32-27)18-20-7-3-2-4-8-20)29(35)30-17-21-9-5-11-24(15-21)31-28(34)22-13-14-22/h2-12,15-16,19,22H,13-14,17-18H2,1H3,(H,30,35)(H,31,34). The van der Waals surface area contributed by atoms with Crippen LogP contribution in [0.15, 0.2) is 85.1 Å². The molecule has 0 unspecified atom stereocenters. The molecule has 36 heavy (non-hydrogen) atoms. The maximum atomic E-state index is 13.3. The van der Waals surface area contributed by atoms with Gasteiger partial charge in [0.05, 0.1) is 19.2 Å². The van der Waals surface area contributed by atoms with Crippen molar-refractivity contribution in [1.82, 2.24) is 15.1 Å². The van der Waals surface area contributed by atoms with Crippen molar-refractivity contribution in [3.8, 4) is 17.0 Å². The summed E-state index contributed by atoms with van der Waals surface area (Å²) in [5.41, 5.74) is 4.61. The Balaban J connectivity index is 1.36. The third-order valence-electron chi connectivity index (χ3n) is 6.13. The van der Waals surface area contributed by atoms with E-state index in [1.165, 1.54) is 0 Å². The quantitative estimate of drug-likeness (QED) is 0.357. The molecule has 4 aromatic rings. The molecule has 0 spiro atoms. The van der Waals surface area contributed by atoms with E-state index in [-0.39, 0.29) is 17.7 Å². The molecule has 1 fully saturated rings. The monoisotopic (exact) mass is 480 g/mol. The fourth-order valence-electron chi connectivity index (χ4n) is 4.05. The van der Waals surface area contributed by atoms with E-state index in [9.17, 15) is 9.59 Å². The Kier molecular flexibility index (Phi) is 6.80. The molecule has 0 atom stereocenters. The van der Waals surface area contributed by atoms with Gasteiger partial charge in [-0.25, -0.2) is 0 Å². The molecule has 2 N–H and O–H groups in total. The Morgan fingerprint density at radius 3 is 2.53 bits per heavy atom. The second-order valence-corrected chi connectivity index (χ2v) is 8.95. The lowest BCUT2D eigenvalue weighted by Crippen LogP contribution is -2.23. The smallest absolute Gasteiger partial charge is 0.255 e. The van der Waals surface area contributed by atoms with E-state index < -0.39 is 0 Å². The van der Waals surface area contributed by atoms with Crippen LogP contribution >= 0.6 is 0 Å². The van der Waals surface area contributed by atoms with Crippen LogP contribution in [0.5, 0.6) is 5.75 Å². The third-order valence-corrected chi connectivity index (χ3v) is 6.13. The first kappa shape index (κ1) is 23.4. The number of anilines is 1. The van der Waals surface area contributed by atoms with Crippen LogP contribution in [0.1, 0.15) is 34.3 Å². The maximum Gasteiger partial charge on any atom is 0.255 e. The second-order valence-electron chi connectivity index (χ2n) is 8.95. The fraction of sp³-hybridized carbons (Fsp3) is 0.207. The van der Waals surface area contributed by atoms with E-state index in [0.717, 1.165) is 35.2 Å². The van der Waals surface area contributed by atoms with Crippen LogP contribution in [0, 0.1) is 5.92 Å². The van der Waals surface area contributed by atoms with Crippen molar-refractivity contribution in [2.75, 3.05) is 12.4 Å². The molecule has 0 saturated heterocycles. The lowest BCUT2D eigenvalue weighted by molar-refractivity contribution is -0.117. The van der Waals surface area contributed by atoms with Crippen molar-refractivity contribution in [2.24, 2.45) is 5.92 Å². The highest BCUT2D eigenvalue weighted by atomic mass is 16.5. The summed E-state index contributed by atoms with van der Waals surface area (Å²) in [6.07, 6.45) is 3.69. The zero-order valence-corrected chi connectivity index (χ0v) is 20.1. The normalized spacial score (nSPS) is 12.7. The van der Waals surface area contributed by atoms with E-state index >= 15 is 0 Å². The number of rotatable bonds is 9. The van der Waals surface area contributed by atoms with E-state index in [2.05, 4.69) is 10.6 Å². The first-order valence-electron chi connectivity index (χ1n) is 12.0. The number of methoxy groups -OCH3 is 1. The molecule has 7 nitrogen and oxygen atoms in total. The Morgan fingerprint density at radius 2 is 1.75 bits per heavy atom. The summed E-state index contributed by atoms with van der Waals surface area (Å²) in [7, 11) is 1.61. The van der Waals surface area contributed by atoms with Crippen molar-refractivity contribution in [1.29, 1.82) is 0 Å². The molecule has 1 aliphatic carbocycles. The van der Waals surface area contributed by atoms with Gasteiger partial charge in [-0.3, -0.25) is 14.3 Å². The number of amides is 2. The zero-order valence-electron chi connectivity index (χ0n) is 20.1. The Hall–Kier alpha value is -4.39. The van der Waals surface area contributed by atoms with Gasteiger partial charge in [-0.2, -0.15) is 5.10 Å². The highest BCUT2D eigenvalue weighted by molar-refractivity contribution is 6.00. The average Bonchev–Trinajstić information content (AvgIpc) is 3.68. The Labute approximate surface area is 210 Å². The van der Waals surface area contributed by atoms with E-state index in [1.54, 1.807) is 18.0 Å². The molecule has 1 aliphatic rings. The number of nitrogens with zero attached hydrogens (tertiary/aromatic N) is 2. The van der Waals surface area contributed by atoms with Crippen LogP contribution in [-0.2, 0) is 17.9 Å². The predicted molar refractivity (Wildman–Crippen MR) is 139 cm³/mol. The molecule has 3 aromatic carbocycles. The summed E-state index contributed by atoms with van der Waals surface area (Å²) in [6.45, 7) is 0.876. The van der Waals surface area contributed by atoms with Gasteiger partial charge >= 0.3 is 0 Å². The lowest BCUT2D eigenvalue weighted by Gasteiger charge is -2.09. The van der Waals surface area contributed by atoms with Crippen LogP contribution in [0.4, 0.5) is 5.69 Å². The van der Waals surface area contributed by atoms with Gasteiger partial charge in [-0.05, 0) is 48.2 Å². The van der Waals surface area contributed by atoms with Gasteiger partial charge in [0.15, 0.2) is 0 Å². The van der Waals surface area contributed by atoms with Gasteiger partial charge in [-0.1, -0.05) is 54.6 Å². The number of benzene rings is 3. The minimum Gasteiger partial charge on any atom is -0.497 e. The number of hydrogen-bond acceptors (Lipinski definition) is 4. The van der Waals surface area contributed by atoms with Crippen molar-refractivity contribution in [2.45, 2.75) is 25.9 Å². The fourth-order valence-corrected chi connectivity index (χ4v) is 4.05. The summed E-state index contributed by atoms with van der Waals surface area (Å²) >= 11 is 0. The van der Waals surface area contributed by atoms with E-state index in [4.69, 9.17) is 9.84 Å². The van der Waals surface area contributed by atoms with Gasteiger partial charge in [0.2, 0.25) is 5.91 Å². The van der Waals surface area contributed by atoms with Crippen LogP contribution in [0.3, 0.4) is 0 Å². The first-order valence-corrected chi connectivity index (χ1v) is 12.0. The number of carbonyl (C=O) groups excluding carboxylic acids is 2. The van der Waals surface area contributed by atoms with Gasteiger partial charge in [0, 0.05) is 29.9 Å². The zero-order chi connectivity index (χ0) is 24.9. The van der Waals surface area contributed by atoms with Gasteiger partial charge in [0.25, 0.3) is 5.91 Å². The maximum absolute atomic E-state index is 13.3. The van der Waals surface area contributed by atoms with Crippen molar-refractivity contribution in [3.05, 3.63) is 102 Å². The molecule has 1 aromatic heterocycles. The van der Waals surface area contributed by atoms with Crippen LogP contribution in [0.2, 0.25) is 0 Å². The van der Waals surface area contributed by atoms with E-state index in [0.29, 0.717) is 30.1 Å². The van der Waals surface area contributed by atoms with Gasteiger partial charge in [0.1, 0.15) is 11.4 Å². The van der Waals surface area contributed by atoms with E-state index in [1.807, 2.05) is 78.9 Å². The molecule has 7 heteroatoms. The number of carbonyl (C=O) groups is 2. The average molecular weight is 481 g/mol. The molecule has 0 aliphatic heterocycles. The topological polar surface area (TPSA) is 85.2 Å². The summed E-state index contributed by atoms with van der Waals surface area (Å²) in [5, 5.41) is 10.7. The Bertz CT molecular complexity index is 1380. The number of aromatic nitrogens is 2. The predicted octanol–water partition coefficient (Wildman–Crippen LogP) is 4.89. The SMILES string of the molecule is COc1cccc(-c2nn(Cc3ccccc3)cc2C(=O)NCc2cccc(NC(=O)C3CC3)c2)c1. The highest BCUT2D eigenvalue weighted by Crippen LogP contribution is 2.30. The summed E-state index contributed by atoms with van der Waals surface area (Å²) in [4.78, 5) is 25.4. The number of ether oxygens (including phenoxy) is 1. The molecule has 1 saturated carbocycles. The second kappa shape index (κ2) is 10.5. The molecule has 1 heterocycles. The molecular weight excluding hydrogens is 452 g/mol. The number of hydrogen-bond donors (Lipinski definition) is 2.